The van der Waals surface area contributed by atoms with Gasteiger partial charge in [0.2, 0.25) is 0 Å². The van der Waals surface area contributed by atoms with Crippen LogP contribution < -0.4 is 0 Å². The van der Waals surface area contributed by atoms with Crippen LogP contribution in [0.3, 0.4) is 0 Å². The van der Waals surface area contributed by atoms with Crippen LogP contribution in [0, 0.1) is 6.07 Å². The van der Waals surface area contributed by atoms with Gasteiger partial charge in [-0.05, 0) is 36.4 Å². The topological polar surface area (TPSA) is 33.6 Å². The van der Waals surface area contributed by atoms with Crippen LogP contribution in [0.15, 0.2) is 54.7 Å². The zero-order valence-electron chi connectivity index (χ0n) is 9.59. The van der Waals surface area contributed by atoms with E-state index < -0.39 is 0 Å². The molecule has 0 aliphatic carbocycles. The third-order valence-electron chi connectivity index (χ3n) is 3.21. The Balaban J connectivity index is 2.08. The summed E-state index contributed by atoms with van der Waals surface area (Å²) in [6.07, 6.45) is 2.04. The fraction of sp³-hybridized carbons (Fsp3) is 0. The number of para-hydroxylation sites is 1. The maximum atomic E-state index is 4.42. The molecule has 2 heterocycles. The SMILES string of the molecule is [c]1ccc2c(c1)ccn2-c1n[nH]c2ccccc12. The molecule has 2 aromatic heterocycles. The third-order valence-corrected chi connectivity index (χ3v) is 3.21. The van der Waals surface area contributed by atoms with Crippen molar-refractivity contribution in [2.45, 2.75) is 0 Å². The summed E-state index contributed by atoms with van der Waals surface area (Å²) in [6.45, 7) is 0. The van der Waals surface area contributed by atoms with Gasteiger partial charge in [0.1, 0.15) is 0 Å². The smallest absolute Gasteiger partial charge is 0.166 e. The lowest BCUT2D eigenvalue weighted by Gasteiger charge is -2.01. The van der Waals surface area contributed by atoms with Gasteiger partial charge in [0, 0.05) is 17.0 Å². The van der Waals surface area contributed by atoms with Gasteiger partial charge in [-0.15, -0.1) is 0 Å². The van der Waals surface area contributed by atoms with Crippen LogP contribution in [-0.4, -0.2) is 14.8 Å². The van der Waals surface area contributed by atoms with E-state index >= 15 is 0 Å². The number of nitrogens with zero attached hydrogens (tertiary/aromatic N) is 2. The first-order valence-electron chi connectivity index (χ1n) is 5.84. The standard InChI is InChI=1S/C15H10N3/c1-4-8-14-11(5-1)9-10-18(14)15-12-6-2-3-7-13(12)16-17-15/h2-10H,(H,16,17). The van der Waals surface area contributed by atoms with E-state index in [1.54, 1.807) is 0 Å². The van der Waals surface area contributed by atoms with Crippen molar-refractivity contribution in [3.05, 3.63) is 60.8 Å². The van der Waals surface area contributed by atoms with Crippen LogP contribution >= 0.6 is 0 Å². The number of fused-ring (bicyclic) bond motifs is 2. The second-order valence-corrected chi connectivity index (χ2v) is 4.26. The van der Waals surface area contributed by atoms with E-state index in [0.29, 0.717) is 0 Å². The molecule has 0 aliphatic heterocycles. The number of hydrogen-bond donors (Lipinski definition) is 1. The molecular weight excluding hydrogens is 222 g/mol. The van der Waals surface area contributed by atoms with Crippen molar-refractivity contribution in [3.63, 3.8) is 0 Å². The average Bonchev–Trinajstić information content (AvgIpc) is 3.01. The van der Waals surface area contributed by atoms with Gasteiger partial charge < -0.3 is 0 Å². The predicted octanol–water partition coefficient (Wildman–Crippen LogP) is 3.31. The maximum absolute atomic E-state index is 4.42. The van der Waals surface area contributed by atoms with Crippen LogP contribution in [-0.2, 0) is 0 Å². The van der Waals surface area contributed by atoms with Gasteiger partial charge in [0.05, 0.1) is 11.0 Å². The molecule has 4 rings (SSSR count). The molecule has 0 unspecified atom stereocenters. The fourth-order valence-electron chi connectivity index (χ4n) is 2.34. The normalized spacial score (nSPS) is 11.3. The van der Waals surface area contributed by atoms with Gasteiger partial charge >= 0.3 is 0 Å². The number of H-pyrrole nitrogens is 1. The maximum Gasteiger partial charge on any atom is 0.166 e. The highest BCUT2D eigenvalue weighted by atomic mass is 15.2. The predicted molar refractivity (Wildman–Crippen MR) is 71.8 cm³/mol. The first-order valence-corrected chi connectivity index (χ1v) is 5.84. The van der Waals surface area contributed by atoms with Crippen molar-refractivity contribution in [2.24, 2.45) is 0 Å². The lowest BCUT2D eigenvalue weighted by Crippen LogP contribution is -1.92. The fourth-order valence-corrected chi connectivity index (χ4v) is 2.34. The van der Waals surface area contributed by atoms with E-state index in [1.807, 2.05) is 36.5 Å². The van der Waals surface area contributed by atoms with E-state index in [0.717, 1.165) is 22.2 Å². The Hall–Kier alpha value is -2.55. The highest BCUT2D eigenvalue weighted by Crippen LogP contribution is 2.24. The second kappa shape index (κ2) is 3.47. The molecule has 18 heavy (non-hydrogen) atoms. The highest BCUT2D eigenvalue weighted by Gasteiger charge is 2.09. The van der Waals surface area contributed by atoms with E-state index in [4.69, 9.17) is 0 Å². The van der Waals surface area contributed by atoms with Crippen LogP contribution in [0.5, 0.6) is 0 Å². The summed E-state index contributed by atoms with van der Waals surface area (Å²) in [5, 5.41) is 9.78. The van der Waals surface area contributed by atoms with E-state index in [2.05, 4.69) is 39.0 Å². The number of rotatable bonds is 1. The number of aromatic amines is 1. The molecule has 1 N–H and O–H groups in total. The number of aromatic nitrogens is 3. The average molecular weight is 232 g/mol. The molecule has 0 atom stereocenters. The molecule has 4 aromatic rings. The minimum Gasteiger partial charge on any atom is -0.299 e. The zero-order chi connectivity index (χ0) is 11.9. The van der Waals surface area contributed by atoms with Crippen molar-refractivity contribution in [1.29, 1.82) is 0 Å². The Labute approximate surface area is 104 Å². The molecule has 0 aliphatic rings. The molecular formula is C15H10N3. The summed E-state index contributed by atoms with van der Waals surface area (Å²) in [7, 11) is 0. The summed E-state index contributed by atoms with van der Waals surface area (Å²) in [5.74, 6) is 0.937. The van der Waals surface area contributed by atoms with Crippen molar-refractivity contribution < 1.29 is 0 Å². The van der Waals surface area contributed by atoms with Gasteiger partial charge in [-0.2, -0.15) is 5.10 Å². The van der Waals surface area contributed by atoms with Gasteiger partial charge in [-0.1, -0.05) is 18.2 Å². The molecule has 3 heteroatoms. The van der Waals surface area contributed by atoms with E-state index in [-0.39, 0.29) is 0 Å². The lowest BCUT2D eigenvalue weighted by molar-refractivity contribution is 1.00. The minimum absolute atomic E-state index is 0.937. The number of nitrogens with one attached hydrogen (secondary N) is 1. The van der Waals surface area contributed by atoms with Gasteiger partial charge in [0.25, 0.3) is 0 Å². The van der Waals surface area contributed by atoms with Crippen LogP contribution in [0.4, 0.5) is 0 Å². The lowest BCUT2D eigenvalue weighted by atomic mass is 10.2. The van der Waals surface area contributed by atoms with Crippen molar-refractivity contribution in [2.75, 3.05) is 0 Å². The number of hydrogen-bond acceptors (Lipinski definition) is 1. The van der Waals surface area contributed by atoms with Crippen molar-refractivity contribution in [3.8, 4) is 5.82 Å². The Kier molecular flexibility index (Phi) is 1.83. The Morgan fingerprint density at radius 3 is 3.06 bits per heavy atom. The first kappa shape index (κ1) is 9.48. The summed E-state index contributed by atoms with van der Waals surface area (Å²) in [5.41, 5.74) is 2.20. The molecule has 0 bridgehead atoms. The molecule has 85 valence electrons. The van der Waals surface area contributed by atoms with E-state index in [1.165, 1.54) is 5.39 Å². The first-order chi connectivity index (χ1) is 8.93. The Morgan fingerprint density at radius 2 is 2.06 bits per heavy atom. The molecule has 0 amide bonds. The van der Waals surface area contributed by atoms with Crippen molar-refractivity contribution in [1.82, 2.24) is 14.8 Å². The summed E-state index contributed by atoms with van der Waals surface area (Å²) in [4.78, 5) is 0. The molecule has 1 radical (unpaired) electrons. The number of benzene rings is 2. The van der Waals surface area contributed by atoms with Crippen LogP contribution in [0.1, 0.15) is 0 Å². The molecule has 3 nitrogen and oxygen atoms in total. The Morgan fingerprint density at radius 1 is 1.11 bits per heavy atom. The van der Waals surface area contributed by atoms with Gasteiger partial charge in [-0.3, -0.25) is 9.67 Å². The molecule has 0 spiro atoms. The third kappa shape index (κ3) is 1.21. The van der Waals surface area contributed by atoms with Gasteiger partial charge in [-0.25, -0.2) is 0 Å². The Bertz CT molecular complexity index is 767. The molecule has 0 fully saturated rings. The van der Waals surface area contributed by atoms with Crippen molar-refractivity contribution >= 4 is 21.8 Å². The molecule has 0 saturated carbocycles. The summed E-state index contributed by atoms with van der Waals surface area (Å²) in [6, 6.07) is 19.3. The van der Waals surface area contributed by atoms with Crippen LogP contribution in [0.25, 0.3) is 27.6 Å². The summed E-state index contributed by atoms with van der Waals surface area (Å²) >= 11 is 0. The van der Waals surface area contributed by atoms with Gasteiger partial charge in [0.15, 0.2) is 5.82 Å². The summed E-state index contributed by atoms with van der Waals surface area (Å²) < 4.78 is 2.10. The largest absolute Gasteiger partial charge is 0.299 e. The van der Waals surface area contributed by atoms with Crippen LogP contribution in [0.2, 0.25) is 0 Å². The quantitative estimate of drug-likeness (QED) is 0.536. The minimum atomic E-state index is 0.937. The second-order valence-electron chi connectivity index (χ2n) is 4.26. The highest BCUT2D eigenvalue weighted by molar-refractivity contribution is 5.89. The monoisotopic (exact) mass is 232 g/mol. The molecule has 0 saturated heterocycles. The zero-order valence-corrected chi connectivity index (χ0v) is 9.59. The van der Waals surface area contributed by atoms with E-state index in [9.17, 15) is 0 Å². The molecule has 2 aromatic carbocycles.